The van der Waals surface area contributed by atoms with Gasteiger partial charge in [-0.25, -0.2) is 4.79 Å². The third-order valence-electron chi connectivity index (χ3n) is 4.25. The molecule has 2 aliphatic rings. The van der Waals surface area contributed by atoms with Gasteiger partial charge < -0.3 is 10.1 Å². The zero-order valence-corrected chi connectivity index (χ0v) is 10.9. The van der Waals surface area contributed by atoms with E-state index in [1.54, 1.807) is 6.92 Å². The lowest BCUT2D eigenvalue weighted by atomic mass is 9.75. The fourth-order valence-electron chi connectivity index (χ4n) is 3.45. The molecule has 1 aromatic carbocycles. The first-order chi connectivity index (χ1) is 9.17. The summed E-state index contributed by atoms with van der Waals surface area (Å²) in [6.45, 7) is 2.12. The van der Waals surface area contributed by atoms with Gasteiger partial charge in [0, 0.05) is 11.8 Å². The number of hydrogen-bond donors (Lipinski definition) is 1. The number of hydrogen-bond acceptors (Lipinski definition) is 3. The minimum absolute atomic E-state index is 0.0604. The fourth-order valence-corrected chi connectivity index (χ4v) is 3.45. The number of nitrogens with one attached hydrogen (secondary N) is 1. The molecule has 1 spiro atoms. The molecule has 0 saturated carbocycles. The zero-order valence-electron chi connectivity index (χ0n) is 10.9. The van der Waals surface area contributed by atoms with Gasteiger partial charge in [-0.3, -0.25) is 4.79 Å². The van der Waals surface area contributed by atoms with Gasteiger partial charge in [0.05, 0.1) is 6.61 Å². The van der Waals surface area contributed by atoms with Crippen molar-refractivity contribution in [3.05, 3.63) is 35.4 Å². The van der Waals surface area contributed by atoms with Gasteiger partial charge in [0.1, 0.15) is 6.04 Å². The fraction of sp³-hybridized carbons (Fsp3) is 0.467. The summed E-state index contributed by atoms with van der Waals surface area (Å²) in [4.78, 5) is 23.9. The second-order valence-electron chi connectivity index (χ2n) is 5.24. The maximum Gasteiger partial charge on any atom is 0.329 e. The normalized spacial score (nSPS) is 28.3. The molecule has 19 heavy (non-hydrogen) atoms. The molecule has 0 aromatic heterocycles. The van der Waals surface area contributed by atoms with E-state index in [-0.39, 0.29) is 11.9 Å². The number of esters is 1. The van der Waals surface area contributed by atoms with Crippen molar-refractivity contribution in [1.82, 2.24) is 5.32 Å². The number of ether oxygens (including phenoxy) is 1. The van der Waals surface area contributed by atoms with Crippen molar-refractivity contribution in [2.75, 3.05) is 6.61 Å². The Labute approximate surface area is 112 Å². The molecule has 100 valence electrons. The average Bonchev–Trinajstić information content (AvgIpc) is 2.93. The molecule has 1 amide bonds. The highest BCUT2D eigenvalue weighted by Gasteiger charge is 2.54. The minimum atomic E-state index is -0.538. The van der Waals surface area contributed by atoms with Crippen molar-refractivity contribution >= 4 is 11.9 Å². The van der Waals surface area contributed by atoms with Crippen molar-refractivity contribution < 1.29 is 14.3 Å². The first-order valence-electron chi connectivity index (χ1n) is 6.72. The van der Waals surface area contributed by atoms with E-state index in [0.29, 0.717) is 13.0 Å². The highest BCUT2D eigenvalue weighted by molar-refractivity contribution is 5.92. The molecule has 1 N–H and O–H groups in total. The summed E-state index contributed by atoms with van der Waals surface area (Å²) in [6, 6.07) is 7.55. The van der Waals surface area contributed by atoms with Crippen molar-refractivity contribution in [1.29, 1.82) is 0 Å². The first-order valence-corrected chi connectivity index (χ1v) is 6.72. The predicted octanol–water partition coefficient (Wildman–Crippen LogP) is 1.32. The Bertz CT molecular complexity index is 540. The van der Waals surface area contributed by atoms with Gasteiger partial charge in [-0.15, -0.1) is 0 Å². The van der Waals surface area contributed by atoms with Gasteiger partial charge in [0.2, 0.25) is 5.91 Å². The molecule has 1 aliphatic heterocycles. The third kappa shape index (κ3) is 1.74. The molecule has 4 heteroatoms. The Kier molecular flexibility index (Phi) is 2.81. The summed E-state index contributed by atoms with van der Waals surface area (Å²) in [5, 5.41) is 2.80. The molecule has 4 nitrogen and oxygen atoms in total. The van der Waals surface area contributed by atoms with Crippen molar-refractivity contribution in [3.8, 4) is 0 Å². The molecule has 3 rings (SSSR count). The van der Waals surface area contributed by atoms with E-state index in [9.17, 15) is 9.59 Å². The molecule has 1 aromatic rings. The van der Waals surface area contributed by atoms with Crippen LogP contribution in [0.25, 0.3) is 0 Å². The molecular weight excluding hydrogens is 242 g/mol. The number of amides is 1. The second kappa shape index (κ2) is 4.37. The SMILES string of the molecule is CCOC(=O)C1NC(=O)CC12CCc1ccccc12. The largest absolute Gasteiger partial charge is 0.464 e. The van der Waals surface area contributed by atoms with Crippen LogP contribution in [0.4, 0.5) is 0 Å². The Hall–Kier alpha value is -1.84. The molecule has 0 bridgehead atoms. The van der Waals surface area contributed by atoms with E-state index in [1.165, 1.54) is 5.56 Å². The van der Waals surface area contributed by atoms with Gasteiger partial charge in [-0.05, 0) is 30.9 Å². The van der Waals surface area contributed by atoms with Gasteiger partial charge in [0.25, 0.3) is 0 Å². The van der Waals surface area contributed by atoms with E-state index in [2.05, 4.69) is 11.4 Å². The van der Waals surface area contributed by atoms with Crippen LogP contribution in [-0.4, -0.2) is 24.5 Å². The number of aryl methyl sites for hydroxylation is 1. The summed E-state index contributed by atoms with van der Waals surface area (Å²) in [5.41, 5.74) is 1.97. The van der Waals surface area contributed by atoms with Crippen LogP contribution in [0, 0.1) is 0 Å². The van der Waals surface area contributed by atoms with Crippen LogP contribution in [0.15, 0.2) is 24.3 Å². The van der Waals surface area contributed by atoms with E-state index in [4.69, 9.17) is 4.74 Å². The Morgan fingerprint density at radius 2 is 2.26 bits per heavy atom. The average molecular weight is 259 g/mol. The van der Waals surface area contributed by atoms with Crippen LogP contribution in [0.5, 0.6) is 0 Å². The van der Waals surface area contributed by atoms with Crippen molar-refractivity contribution in [2.24, 2.45) is 0 Å². The molecular formula is C15H17NO3. The third-order valence-corrected chi connectivity index (χ3v) is 4.25. The second-order valence-corrected chi connectivity index (χ2v) is 5.24. The monoisotopic (exact) mass is 259 g/mol. The minimum Gasteiger partial charge on any atom is -0.464 e. The molecule has 2 unspecified atom stereocenters. The maximum atomic E-state index is 12.1. The molecule has 1 aliphatic carbocycles. The molecule has 1 heterocycles. The molecule has 1 saturated heterocycles. The van der Waals surface area contributed by atoms with Crippen LogP contribution < -0.4 is 5.32 Å². The van der Waals surface area contributed by atoms with Crippen LogP contribution in [0.1, 0.15) is 30.9 Å². The summed E-state index contributed by atoms with van der Waals surface area (Å²) in [5.74, 6) is -0.375. The topological polar surface area (TPSA) is 55.4 Å². The van der Waals surface area contributed by atoms with E-state index in [0.717, 1.165) is 18.4 Å². The summed E-state index contributed by atoms with van der Waals surface area (Å²) >= 11 is 0. The number of benzene rings is 1. The van der Waals surface area contributed by atoms with Crippen LogP contribution >= 0.6 is 0 Å². The summed E-state index contributed by atoms with van der Waals surface area (Å²) < 4.78 is 5.12. The highest BCUT2D eigenvalue weighted by Crippen LogP contribution is 2.47. The lowest BCUT2D eigenvalue weighted by Crippen LogP contribution is -2.46. The standard InChI is InChI=1S/C15H17NO3/c1-2-19-14(18)13-15(9-12(17)16-13)8-7-10-5-3-4-6-11(10)15/h3-6,13H,2,7-9H2,1H3,(H,16,17). The van der Waals surface area contributed by atoms with Gasteiger partial charge in [-0.1, -0.05) is 24.3 Å². The van der Waals surface area contributed by atoms with Gasteiger partial charge in [-0.2, -0.15) is 0 Å². The van der Waals surface area contributed by atoms with Crippen molar-refractivity contribution in [3.63, 3.8) is 0 Å². The van der Waals surface area contributed by atoms with Crippen molar-refractivity contribution in [2.45, 2.75) is 37.6 Å². The van der Waals surface area contributed by atoms with Crippen LogP contribution in [-0.2, 0) is 26.2 Å². The predicted molar refractivity (Wildman–Crippen MR) is 69.6 cm³/mol. The lowest BCUT2D eigenvalue weighted by molar-refractivity contribution is -0.147. The maximum absolute atomic E-state index is 12.1. The van der Waals surface area contributed by atoms with E-state index < -0.39 is 11.5 Å². The van der Waals surface area contributed by atoms with Gasteiger partial charge >= 0.3 is 5.97 Å². The zero-order chi connectivity index (χ0) is 13.5. The summed E-state index contributed by atoms with van der Waals surface area (Å²) in [7, 11) is 0. The Morgan fingerprint density at radius 3 is 3.05 bits per heavy atom. The Morgan fingerprint density at radius 1 is 1.47 bits per heavy atom. The molecule has 1 fully saturated rings. The van der Waals surface area contributed by atoms with Crippen LogP contribution in [0.2, 0.25) is 0 Å². The number of rotatable bonds is 2. The first kappa shape index (κ1) is 12.2. The van der Waals surface area contributed by atoms with E-state index >= 15 is 0 Å². The number of carbonyl (C=O) groups is 2. The number of carbonyl (C=O) groups excluding carboxylic acids is 2. The molecule has 0 radical (unpaired) electrons. The van der Waals surface area contributed by atoms with Gasteiger partial charge in [0.15, 0.2) is 0 Å². The smallest absolute Gasteiger partial charge is 0.329 e. The lowest BCUT2D eigenvalue weighted by Gasteiger charge is -2.29. The quantitative estimate of drug-likeness (QED) is 0.815. The Balaban J connectivity index is 2.03. The molecule has 2 atom stereocenters. The van der Waals surface area contributed by atoms with E-state index in [1.807, 2.05) is 18.2 Å². The highest BCUT2D eigenvalue weighted by atomic mass is 16.5. The summed E-state index contributed by atoms with van der Waals surface area (Å²) in [6.07, 6.45) is 2.13. The van der Waals surface area contributed by atoms with Crippen LogP contribution in [0.3, 0.4) is 0 Å². The number of fused-ring (bicyclic) bond motifs is 2.